The highest BCUT2D eigenvalue weighted by molar-refractivity contribution is 7.99. The van der Waals surface area contributed by atoms with E-state index >= 15 is 0 Å². The molecule has 0 unspecified atom stereocenters. The van der Waals surface area contributed by atoms with Crippen molar-refractivity contribution in [2.75, 3.05) is 18.1 Å². The number of nitrogen functional groups attached to an aromatic ring is 1. The van der Waals surface area contributed by atoms with Gasteiger partial charge in [-0.15, -0.1) is 10.2 Å². The van der Waals surface area contributed by atoms with Crippen LogP contribution in [-0.2, 0) is 11.2 Å². The number of aromatic nitrogens is 3. The molecule has 1 fully saturated rings. The zero-order valence-corrected chi connectivity index (χ0v) is 15.2. The van der Waals surface area contributed by atoms with Crippen LogP contribution in [0.15, 0.2) is 35.5 Å². The van der Waals surface area contributed by atoms with E-state index in [1.165, 1.54) is 36.6 Å². The van der Waals surface area contributed by atoms with Crippen LogP contribution in [0.25, 0.3) is 0 Å². The molecule has 134 valence electrons. The summed E-state index contributed by atoms with van der Waals surface area (Å²) >= 11 is 1.34. The number of hydrogen-bond acceptors (Lipinski definition) is 5. The van der Waals surface area contributed by atoms with Crippen molar-refractivity contribution < 1.29 is 4.79 Å². The Kier molecular flexibility index (Phi) is 6.33. The maximum absolute atomic E-state index is 12.0. The summed E-state index contributed by atoms with van der Waals surface area (Å²) in [6.45, 7) is 0.631. The van der Waals surface area contributed by atoms with Crippen LogP contribution in [0.1, 0.15) is 49.4 Å². The molecule has 1 aliphatic carbocycles. The number of rotatable bonds is 7. The van der Waals surface area contributed by atoms with Crippen molar-refractivity contribution in [3.05, 3.63) is 41.7 Å². The van der Waals surface area contributed by atoms with Crippen LogP contribution in [0, 0.1) is 0 Å². The van der Waals surface area contributed by atoms with Gasteiger partial charge in [-0.05, 0) is 24.8 Å². The van der Waals surface area contributed by atoms with Crippen LogP contribution in [0.2, 0.25) is 0 Å². The predicted molar refractivity (Wildman–Crippen MR) is 99.9 cm³/mol. The van der Waals surface area contributed by atoms with Crippen LogP contribution in [0.4, 0.5) is 0 Å². The van der Waals surface area contributed by atoms with Crippen molar-refractivity contribution in [3.63, 3.8) is 0 Å². The molecule has 3 rings (SSSR count). The largest absolute Gasteiger partial charge is 0.355 e. The Balaban J connectivity index is 1.43. The van der Waals surface area contributed by atoms with E-state index in [0.717, 1.165) is 25.1 Å². The smallest absolute Gasteiger partial charge is 0.230 e. The van der Waals surface area contributed by atoms with Gasteiger partial charge in [-0.2, -0.15) is 0 Å². The molecule has 0 radical (unpaired) electrons. The number of thioether (sulfide) groups is 1. The van der Waals surface area contributed by atoms with Gasteiger partial charge in [0.2, 0.25) is 11.1 Å². The molecule has 7 heteroatoms. The summed E-state index contributed by atoms with van der Waals surface area (Å²) < 4.78 is 1.57. The van der Waals surface area contributed by atoms with E-state index in [1.54, 1.807) is 4.68 Å². The van der Waals surface area contributed by atoms with E-state index in [0.29, 0.717) is 23.4 Å². The number of carbonyl (C=O) groups is 1. The fourth-order valence-corrected chi connectivity index (χ4v) is 3.89. The van der Waals surface area contributed by atoms with Crippen LogP contribution in [-0.4, -0.2) is 33.1 Å². The quantitative estimate of drug-likeness (QED) is 0.586. The zero-order chi connectivity index (χ0) is 17.5. The number of nitrogens with zero attached hydrogens (tertiary/aromatic N) is 3. The van der Waals surface area contributed by atoms with Gasteiger partial charge in [0.15, 0.2) is 5.82 Å². The summed E-state index contributed by atoms with van der Waals surface area (Å²) in [4.78, 5) is 12.0. The SMILES string of the molecule is Nn1c(SCC(=O)NCCc2ccccc2)nnc1C1CCCCC1. The highest BCUT2D eigenvalue weighted by atomic mass is 32.2. The molecule has 0 saturated heterocycles. The molecule has 3 N–H and O–H groups in total. The van der Waals surface area contributed by atoms with Gasteiger partial charge >= 0.3 is 0 Å². The van der Waals surface area contributed by atoms with Crippen LogP contribution in [0.3, 0.4) is 0 Å². The molecule has 6 nitrogen and oxygen atoms in total. The lowest BCUT2D eigenvalue weighted by Crippen LogP contribution is -2.27. The monoisotopic (exact) mass is 359 g/mol. The summed E-state index contributed by atoms with van der Waals surface area (Å²) in [6.07, 6.45) is 6.82. The Hall–Kier alpha value is -2.02. The van der Waals surface area contributed by atoms with Crippen molar-refractivity contribution in [3.8, 4) is 0 Å². The van der Waals surface area contributed by atoms with E-state index in [2.05, 4.69) is 27.6 Å². The molecule has 0 spiro atoms. The average molecular weight is 359 g/mol. The number of amides is 1. The second kappa shape index (κ2) is 8.89. The van der Waals surface area contributed by atoms with Gasteiger partial charge in [0.1, 0.15) is 0 Å². The first-order valence-electron chi connectivity index (χ1n) is 8.88. The predicted octanol–water partition coefficient (Wildman–Crippen LogP) is 2.49. The number of carbonyl (C=O) groups excluding carboxylic acids is 1. The first kappa shape index (κ1) is 17.8. The lowest BCUT2D eigenvalue weighted by atomic mass is 9.89. The lowest BCUT2D eigenvalue weighted by Gasteiger charge is -2.20. The summed E-state index contributed by atoms with van der Waals surface area (Å²) in [7, 11) is 0. The fraction of sp³-hybridized carbons (Fsp3) is 0.500. The molecule has 0 atom stereocenters. The topological polar surface area (TPSA) is 85.8 Å². The molecular weight excluding hydrogens is 334 g/mol. The van der Waals surface area contributed by atoms with Crippen LogP contribution < -0.4 is 11.2 Å². The molecule has 0 bridgehead atoms. The minimum atomic E-state index is -0.0110. The maximum Gasteiger partial charge on any atom is 0.230 e. The summed E-state index contributed by atoms with van der Waals surface area (Å²) in [5.41, 5.74) is 1.22. The van der Waals surface area contributed by atoms with Gasteiger partial charge in [0.25, 0.3) is 0 Å². The van der Waals surface area contributed by atoms with Crippen molar-refractivity contribution in [1.82, 2.24) is 20.2 Å². The molecule has 1 saturated carbocycles. The second-order valence-corrected chi connectivity index (χ2v) is 7.36. The van der Waals surface area contributed by atoms with Gasteiger partial charge in [0.05, 0.1) is 5.75 Å². The van der Waals surface area contributed by atoms with Gasteiger partial charge in [-0.3, -0.25) is 4.79 Å². The van der Waals surface area contributed by atoms with E-state index in [4.69, 9.17) is 5.84 Å². The lowest BCUT2D eigenvalue weighted by molar-refractivity contribution is -0.118. The van der Waals surface area contributed by atoms with Crippen LogP contribution in [0.5, 0.6) is 0 Å². The van der Waals surface area contributed by atoms with Gasteiger partial charge in [0, 0.05) is 12.5 Å². The molecule has 25 heavy (non-hydrogen) atoms. The first-order valence-corrected chi connectivity index (χ1v) is 9.86. The van der Waals surface area contributed by atoms with E-state index in [-0.39, 0.29) is 5.91 Å². The third-order valence-corrected chi connectivity index (χ3v) is 5.52. The van der Waals surface area contributed by atoms with E-state index in [1.807, 2.05) is 18.2 Å². The minimum absolute atomic E-state index is 0.0110. The summed E-state index contributed by atoms with van der Waals surface area (Å²) in [5.74, 6) is 7.68. The Morgan fingerprint density at radius 1 is 1.20 bits per heavy atom. The molecular formula is C18H25N5OS. The third kappa shape index (κ3) is 4.98. The summed E-state index contributed by atoms with van der Waals surface area (Å²) in [5, 5.41) is 12.0. The van der Waals surface area contributed by atoms with Gasteiger partial charge in [-0.1, -0.05) is 61.4 Å². The van der Waals surface area contributed by atoms with E-state index in [9.17, 15) is 4.79 Å². The minimum Gasteiger partial charge on any atom is -0.355 e. The Bertz CT molecular complexity index is 682. The first-order chi connectivity index (χ1) is 12.2. The number of nitrogens with one attached hydrogen (secondary N) is 1. The Labute approximate surface area is 152 Å². The van der Waals surface area contributed by atoms with Crippen LogP contribution >= 0.6 is 11.8 Å². The number of nitrogens with two attached hydrogens (primary N) is 1. The van der Waals surface area contributed by atoms with Crippen molar-refractivity contribution >= 4 is 17.7 Å². The number of benzene rings is 1. The zero-order valence-electron chi connectivity index (χ0n) is 14.4. The molecule has 0 aliphatic heterocycles. The Morgan fingerprint density at radius 3 is 2.72 bits per heavy atom. The highest BCUT2D eigenvalue weighted by Crippen LogP contribution is 2.32. The van der Waals surface area contributed by atoms with Crippen molar-refractivity contribution in [2.24, 2.45) is 0 Å². The Morgan fingerprint density at radius 2 is 1.96 bits per heavy atom. The molecule has 1 aliphatic rings. The van der Waals surface area contributed by atoms with Gasteiger partial charge in [-0.25, -0.2) is 4.68 Å². The fourth-order valence-electron chi connectivity index (χ4n) is 3.20. The summed E-state index contributed by atoms with van der Waals surface area (Å²) in [6, 6.07) is 10.1. The van der Waals surface area contributed by atoms with Gasteiger partial charge < -0.3 is 11.2 Å². The maximum atomic E-state index is 12.0. The molecule has 1 amide bonds. The average Bonchev–Trinajstić information content (AvgIpc) is 3.02. The standard InChI is InChI=1S/C18H25N5OS/c19-23-17(15-9-5-2-6-10-15)21-22-18(23)25-13-16(24)20-12-11-14-7-3-1-4-8-14/h1,3-4,7-8,15H,2,5-6,9-13,19H2,(H,20,24). The third-order valence-electron chi connectivity index (χ3n) is 4.57. The number of hydrogen-bond donors (Lipinski definition) is 2. The molecule has 2 aromatic rings. The molecule has 1 aromatic carbocycles. The molecule has 1 aromatic heterocycles. The van der Waals surface area contributed by atoms with Crippen molar-refractivity contribution in [2.45, 2.75) is 49.6 Å². The highest BCUT2D eigenvalue weighted by Gasteiger charge is 2.22. The second-order valence-electron chi connectivity index (χ2n) is 6.42. The molecule has 1 heterocycles. The normalized spacial score (nSPS) is 15.2. The van der Waals surface area contributed by atoms with E-state index < -0.39 is 0 Å². The van der Waals surface area contributed by atoms with Crippen molar-refractivity contribution in [1.29, 1.82) is 0 Å².